The predicted molar refractivity (Wildman–Crippen MR) is 116 cm³/mol. The number of oxazole rings is 1. The van der Waals surface area contributed by atoms with Crippen LogP contribution < -0.4 is 10.6 Å². The maximum atomic E-state index is 13.2. The number of aromatic nitrogens is 1. The summed E-state index contributed by atoms with van der Waals surface area (Å²) in [6.07, 6.45) is -1.66. The van der Waals surface area contributed by atoms with Gasteiger partial charge < -0.3 is 19.8 Å². The number of hydrogen-bond acceptors (Lipinski definition) is 6. The van der Waals surface area contributed by atoms with E-state index < -0.39 is 17.2 Å². The summed E-state index contributed by atoms with van der Waals surface area (Å²) in [5.41, 5.74) is -0.568. The SMILES string of the molecule is O=C(C[C@@]1(C(=O)NCc2ccc(Nc3ccccc3C(F)(F)F)cc2)CCOC1)c1cnco1. The van der Waals surface area contributed by atoms with Crippen LogP contribution in [0.4, 0.5) is 24.5 Å². The number of carbonyl (C=O) groups excluding carboxylic acids is 2. The first-order chi connectivity index (χ1) is 16.3. The fraction of sp³-hybridized carbons (Fsp3) is 0.292. The number of carbonyl (C=O) groups is 2. The van der Waals surface area contributed by atoms with Crippen molar-refractivity contribution in [2.75, 3.05) is 18.5 Å². The molecule has 2 N–H and O–H groups in total. The van der Waals surface area contributed by atoms with E-state index in [0.717, 1.165) is 18.0 Å². The van der Waals surface area contributed by atoms with Crippen LogP contribution in [0.3, 0.4) is 0 Å². The number of ether oxygens (including phenoxy) is 1. The lowest BCUT2D eigenvalue weighted by molar-refractivity contribution is -0.137. The molecule has 0 unspecified atom stereocenters. The third-order valence-corrected chi connectivity index (χ3v) is 5.71. The third-order valence-electron chi connectivity index (χ3n) is 5.71. The number of rotatable bonds is 8. The minimum atomic E-state index is -4.47. The molecule has 0 bridgehead atoms. The summed E-state index contributed by atoms with van der Waals surface area (Å²) in [5.74, 6) is -0.541. The summed E-state index contributed by atoms with van der Waals surface area (Å²) in [6.45, 7) is 0.688. The minimum absolute atomic E-state index is 0.0457. The van der Waals surface area contributed by atoms with Crippen molar-refractivity contribution in [2.24, 2.45) is 5.41 Å². The number of halogens is 3. The maximum Gasteiger partial charge on any atom is 0.418 e. The first-order valence-electron chi connectivity index (χ1n) is 10.6. The molecule has 1 fully saturated rings. The molecular formula is C24H22F3N3O4. The molecule has 2 heterocycles. The number of Topliss-reactive ketones (excluding diaryl/α,β-unsaturated/α-hetero) is 1. The molecule has 0 aliphatic carbocycles. The van der Waals surface area contributed by atoms with Crippen LogP contribution in [0.1, 0.15) is 34.5 Å². The van der Waals surface area contributed by atoms with Crippen LogP contribution in [0.15, 0.2) is 65.5 Å². The summed E-state index contributed by atoms with van der Waals surface area (Å²) in [5, 5.41) is 5.63. The van der Waals surface area contributed by atoms with Crippen molar-refractivity contribution in [3.63, 3.8) is 0 Å². The highest BCUT2D eigenvalue weighted by molar-refractivity contribution is 5.97. The Morgan fingerprint density at radius 2 is 1.85 bits per heavy atom. The molecule has 34 heavy (non-hydrogen) atoms. The van der Waals surface area contributed by atoms with E-state index in [0.29, 0.717) is 18.7 Å². The van der Waals surface area contributed by atoms with Gasteiger partial charge in [-0.3, -0.25) is 9.59 Å². The Morgan fingerprint density at radius 3 is 2.50 bits per heavy atom. The zero-order chi connectivity index (χ0) is 24.2. The van der Waals surface area contributed by atoms with Gasteiger partial charge in [-0.2, -0.15) is 13.2 Å². The van der Waals surface area contributed by atoms with Gasteiger partial charge in [0.1, 0.15) is 0 Å². The van der Waals surface area contributed by atoms with E-state index in [1.54, 1.807) is 24.3 Å². The van der Waals surface area contributed by atoms with Crippen molar-refractivity contribution >= 4 is 23.1 Å². The molecule has 1 saturated heterocycles. The average Bonchev–Trinajstić information content (AvgIpc) is 3.51. The molecule has 3 aromatic rings. The van der Waals surface area contributed by atoms with Gasteiger partial charge in [0.2, 0.25) is 11.7 Å². The molecule has 1 aromatic heterocycles. The normalized spacial score (nSPS) is 18.0. The molecule has 1 amide bonds. The second-order valence-electron chi connectivity index (χ2n) is 8.10. The lowest BCUT2D eigenvalue weighted by atomic mass is 9.80. The molecule has 0 spiro atoms. The number of amides is 1. The zero-order valence-corrected chi connectivity index (χ0v) is 18.0. The van der Waals surface area contributed by atoms with Gasteiger partial charge in [-0.05, 0) is 36.2 Å². The van der Waals surface area contributed by atoms with Gasteiger partial charge in [-0.1, -0.05) is 24.3 Å². The quantitative estimate of drug-likeness (QED) is 0.460. The number of anilines is 2. The molecule has 178 valence electrons. The first-order valence-corrected chi connectivity index (χ1v) is 10.6. The van der Waals surface area contributed by atoms with Crippen LogP contribution in [0.25, 0.3) is 0 Å². The summed E-state index contributed by atoms with van der Waals surface area (Å²) in [6, 6.07) is 11.9. The summed E-state index contributed by atoms with van der Waals surface area (Å²) in [4.78, 5) is 29.2. The second-order valence-corrected chi connectivity index (χ2v) is 8.10. The number of ketones is 1. The van der Waals surface area contributed by atoms with Crippen LogP contribution in [-0.4, -0.2) is 29.9 Å². The van der Waals surface area contributed by atoms with Crippen LogP contribution >= 0.6 is 0 Å². The topological polar surface area (TPSA) is 93.5 Å². The highest BCUT2D eigenvalue weighted by Gasteiger charge is 2.44. The minimum Gasteiger partial charge on any atom is -0.440 e. The van der Waals surface area contributed by atoms with Crippen molar-refractivity contribution in [2.45, 2.75) is 25.6 Å². The van der Waals surface area contributed by atoms with Gasteiger partial charge >= 0.3 is 6.18 Å². The van der Waals surface area contributed by atoms with Crippen molar-refractivity contribution in [3.8, 4) is 0 Å². The number of para-hydroxylation sites is 1. The van der Waals surface area contributed by atoms with Crippen LogP contribution in [0, 0.1) is 5.41 Å². The molecule has 1 atom stereocenters. The Kier molecular flexibility index (Phi) is 6.69. The Balaban J connectivity index is 1.38. The standard InChI is InChI=1S/C24H22F3N3O4/c25-24(26,27)18-3-1-2-4-19(18)30-17-7-5-16(6-8-17)12-29-22(32)23(9-10-33-14-23)11-20(31)21-13-28-15-34-21/h1-8,13,15,30H,9-12,14H2,(H,29,32)/t23-/m0/s1. The number of nitrogens with one attached hydrogen (secondary N) is 2. The molecule has 10 heteroatoms. The third kappa shape index (κ3) is 5.28. The molecule has 2 aromatic carbocycles. The largest absolute Gasteiger partial charge is 0.440 e. The van der Waals surface area contributed by atoms with Gasteiger partial charge in [-0.15, -0.1) is 0 Å². The van der Waals surface area contributed by atoms with Gasteiger partial charge in [0.05, 0.1) is 29.5 Å². The second kappa shape index (κ2) is 9.68. The summed E-state index contributed by atoms with van der Waals surface area (Å²) < 4.78 is 50.0. The highest BCUT2D eigenvalue weighted by atomic mass is 19.4. The van der Waals surface area contributed by atoms with Crippen LogP contribution in [-0.2, 0) is 22.3 Å². The molecule has 1 aliphatic heterocycles. The number of hydrogen-bond donors (Lipinski definition) is 2. The van der Waals surface area contributed by atoms with E-state index in [9.17, 15) is 22.8 Å². The van der Waals surface area contributed by atoms with Gasteiger partial charge in [0.15, 0.2) is 12.2 Å². The van der Waals surface area contributed by atoms with E-state index in [1.807, 2.05) is 0 Å². The molecule has 1 aliphatic rings. The fourth-order valence-corrected chi connectivity index (χ4v) is 3.82. The molecule has 4 rings (SSSR count). The average molecular weight is 473 g/mol. The highest BCUT2D eigenvalue weighted by Crippen LogP contribution is 2.36. The number of alkyl halides is 3. The van der Waals surface area contributed by atoms with E-state index in [2.05, 4.69) is 15.6 Å². The van der Waals surface area contributed by atoms with Gasteiger partial charge in [-0.25, -0.2) is 4.98 Å². The Morgan fingerprint density at radius 1 is 1.09 bits per heavy atom. The monoisotopic (exact) mass is 473 g/mol. The van der Waals surface area contributed by atoms with Crippen molar-refractivity contribution < 1.29 is 31.9 Å². The summed E-state index contributed by atoms with van der Waals surface area (Å²) in [7, 11) is 0. The fourth-order valence-electron chi connectivity index (χ4n) is 3.82. The van der Waals surface area contributed by atoms with E-state index in [4.69, 9.17) is 9.15 Å². The molecule has 0 radical (unpaired) electrons. The van der Waals surface area contributed by atoms with Gasteiger partial charge in [0, 0.05) is 25.3 Å². The van der Waals surface area contributed by atoms with Crippen molar-refractivity contribution in [1.82, 2.24) is 10.3 Å². The predicted octanol–water partition coefficient (Wildman–Crippen LogP) is 4.73. The number of nitrogens with zero attached hydrogens (tertiary/aromatic N) is 1. The molecule has 7 nitrogen and oxygen atoms in total. The van der Waals surface area contributed by atoms with Gasteiger partial charge in [0.25, 0.3) is 0 Å². The van der Waals surface area contributed by atoms with E-state index >= 15 is 0 Å². The Hall–Kier alpha value is -3.66. The lowest BCUT2D eigenvalue weighted by Crippen LogP contribution is -2.42. The Labute approximate surface area is 193 Å². The van der Waals surface area contributed by atoms with E-state index in [1.165, 1.54) is 24.4 Å². The van der Waals surface area contributed by atoms with Crippen molar-refractivity contribution in [3.05, 3.63) is 78.0 Å². The maximum absolute atomic E-state index is 13.2. The molecule has 0 saturated carbocycles. The van der Waals surface area contributed by atoms with Crippen LogP contribution in [0.2, 0.25) is 0 Å². The van der Waals surface area contributed by atoms with Crippen molar-refractivity contribution in [1.29, 1.82) is 0 Å². The lowest BCUT2D eigenvalue weighted by Gasteiger charge is -2.25. The summed E-state index contributed by atoms with van der Waals surface area (Å²) >= 11 is 0. The van der Waals surface area contributed by atoms with Crippen LogP contribution in [0.5, 0.6) is 0 Å². The first kappa shape index (κ1) is 23.5. The molecular weight excluding hydrogens is 451 g/mol. The van der Waals surface area contributed by atoms with E-state index in [-0.39, 0.29) is 42.7 Å². The number of benzene rings is 2. The zero-order valence-electron chi connectivity index (χ0n) is 18.0. The Bertz CT molecular complexity index is 1140. The smallest absolute Gasteiger partial charge is 0.418 e.